The highest BCUT2D eigenvalue weighted by Crippen LogP contribution is 2.51. The van der Waals surface area contributed by atoms with Crippen molar-refractivity contribution in [1.82, 2.24) is 14.8 Å². The second kappa shape index (κ2) is 5.04. The van der Waals surface area contributed by atoms with Gasteiger partial charge in [0.05, 0.1) is 0 Å². The number of aliphatic hydroxyl groups is 2. The summed E-state index contributed by atoms with van der Waals surface area (Å²) in [5, 5.41) is 26.0. The Morgan fingerprint density at radius 1 is 1.41 bits per heavy atom. The molecule has 1 aliphatic heterocycles. The number of hydrogen-bond acceptors (Lipinski definition) is 5. The van der Waals surface area contributed by atoms with Gasteiger partial charge in [-0.05, 0) is 23.6 Å². The van der Waals surface area contributed by atoms with Crippen molar-refractivity contribution in [2.75, 3.05) is 0 Å². The zero-order valence-electron chi connectivity index (χ0n) is 12.6. The van der Waals surface area contributed by atoms with Gasteiger partial charge < -0.3 is 14.9 Å². The summed E-state index contributed by atoms with van der Waals surface area (Å²) in [6, 6.07) is 5.37. The van der Waals surface area contributed by atoms with E-state index in [1.54, 1.807) is 12.1 Å². The Hall–Kier alpha value is -1.44. The first-order valence-electron chi connectivity index (χ1n) is 6.96. The molecule has 0 amide bonds. The van der Waals surface area contributed by atoms with E-state index in [4.69, 9.17) is 4.74 Å². The average molecular weight is 368 g/mol. The minimum atomic E-state index is -1.45. The third-order valence-electron chi connectivity index (χ3n) is 3.92. The quantitative estimate of drug-likeness (QED) is 0.850. The van der Waals surface area contributed by atoms with E-state index < -0.39 is 23.3 Å². The topological polar surface area (TPSA) is 80.4 Å². The SMILES string of the molecule is CC(C)(C)[C@H](O)[C@]1(n2cncn2)Oc2ccc(Br)cc2[C@@H]1O. The lowest BCUT2D eigenvalue weighted by atomic mass is 9.80. The number of nitrogens with zero attached hydrogens (tertiary/aromatic N) is 3. The maximum atomic E-state index is 10.9. The van der Waals surface area contributed by atoms with Crippen molar-refractivity contribution >= 4 is 15.9 Å². The number of halogens is 1. The third kappa shape index (κ3) is 2.15. The summed E-state index contributed by atoms with van der Waals surface area (Å²) < 4.78 is 8.25. The lowest BCUT2D eigenvalue weighted by Gasteiger charge is -2.41. The Balaban J connectivity index is 2.18. The van der Waals surface area contributed by atoms with Gasteiger partial charge in [-0.1, -0.05) is 36.7 Å². The highest BCUT2D eigenvalue weighted by molar-refractivity contribution is 9.10. The van der Waals surface area contributed by atoms with Crippen molar-refractivity contribution in [3.63, 3.8) is 0 Å². The highest BCUT2D eigenvalue weighted by Gasteiger charge is 2.58. The molecule has 1 aliphatic rings. The summed E-state index contributed by atoms with van der Waals surface area (Å²) in [5.41, 5.74) is -1.38. The van der Waals surface area contributed by atoms with Gasteiger partial charge in [0.2, 0.25) is 0 Å². The number of rotatable bonds is 2. The van der Waals surface area contributed by atoms with Crippen LogP contribution in [0.3, 0.4) is 0 Å². The van der Waals surface area contributed by atoms with Crippen molar-refractivity contribution in [2.45, 2.75) is 38.7 Å². The van der Waals surface area contributed by atoms with Gasteiger partial charge in [-0.3, -0.25) is 0 Å². The minimum absolute atomic E-state index is 0.523. The first-order chi connectivity index (χ1) is 10.3. The zero-order chi connectivity index (χ0) is 16.1. The molecule has 22 heavy (non-hydrogen) atoms. The third-order valence-corrected chi connectivity index (χ3v) is 4.41. The summed E-state index contributed by atoms with van der Waals surface area (Å²) in [5.74, 6) is 0.523. The minimum Gasteiger partial charge on any atom is -0.460 e. The molecule has 1 aromatic heterocycles. The Morgan fingerprint density at radius 3 is 2.73 bits per heavy atom. The molecule has 3 atom stereocenters. The van der Waals surface area contributed by atoms with Crippen LogP contribution in [0.4, 0.5) is 0 Å². The van der Waals surface area contributed by atoms with Gasteiger partial charge in [0, 0.05) is 10.0 Å². The van der Waals surface area contributed by atoms with Crippen LogP contribution in [0.2, 0.25) is 0 Å². The fourth-order valence-electron chi connectivity index (χ4n) is 2.79. The molecule has 118 valence electrons. The summed E-state index contributed by atoms with van der Waals surface area (Å²) in [6.07, 6.45) is 0.712. The van der Waals surface area contributed by atoms with Gasteiger partial charge in [-0.2, -0.15) is 5.10 Å². The number of hydrogen-bond donors (Lipinski definition) is 2. The second-order valence-corrected chi connectivity index (χ2v) is 7.46. The van der Waals surface area contributed by atoms with Gasteiger partial charge in [0.25, 0.3) is 5.72 Å². The van der Waals surface area contributed by atoms with E-state index in [1.807, 2.05) is 26.8 Å². The maximum absolute atomic E-state index is 10.9. The van der Waals surface area contributed by atoms with Crippen LogP contribution in [0.15, 0.2) is 35.3 Å². The van der Waals surface area contributed by atoms with Crippen LogP contribution in [0.25, 0.3) is 0 Å². The van der Waals surface area contributed by atoms with Crippen LogP contribution in [0.5, 0.6) is 5.75 Å². The molecule has 0 fully saturated rings. The van der Waals surface area contributed by atoms with E-state index in [0.29, 0.717) is 11.3 Å². The molecular weight excluding hydrogens is 350 g/mol. The summed E-state index contributed by atoms with van der Waals surface area (Å²) >= 11 is 3.39. The van der Waals surface area contributed by atoms with Gasteiger partial charge in [-0.25, -0.2) is 9.67 Å². The molecule has 6 nitrogen and oxygen atoms in total. The van der Waals surface area contributed by atoms with Crippen LogP contribution >= 0.6 is 15.9 Å². The molecule has 0 radical (unpaired) electrons. The summed E-state index contributed by atoms with van der Waals surface area (Å²) in [4.78, 5) is 3.93. The predicted molar refractivity (Wildman–Crippen MR) is 83.2 cm³/mol. The maximum Gasteiger partial charge on any atom is 0.259 e. The van der Waals surface area contributed by atoms with Crippen molar-refractivity contribution in [1.29, 1.82) is 0 Å². The highest BCUT2D eigenvalue weighted by atomic mass is 79.9. The van der Waals surface area contributed by atoms with Crippen LogP contribution in [0.1, 0.15) is 32.4 Å². The average Bonchev–Trinajstić information content (AvgIpc) is 3.05. The molecule has 0 unspecified atom stereocenters. The predicted octanol–water partition coefficient (Wildman–Crippen LogP) is 2.23. The Labute approximate surface area is 136 Å². The largest absolute Gasteiger partial charge is 0.460 e. The molecule has 0 saturated carbocycles. The molecule has 2 heterocycles. The standard InChI is InChI=1S/C15H18BrN3O3/c1-14(2,3)13(21)15(19-8-17-7-18-19)12(20)10-6-9(16)4-5-11(10)22-15/h4-8,12-13,20-21H,1-3H3/t12-,13-,15+/m0/s1. The van der Waals surface area contributed by atoms with E-state index in [-0.39, 0.29) is 0 Å². The molecule has 1 aromatic carbocycles. The van der Waals surface area contributed by atoms with E-state index >= 15 is 0 Å². The Morgan fingerprint density at radius 2 is 2.14 bits per heavy atom. The molecule has 0 aliphatic carbocycles. The first-order valence-corrected chi connectivity index (χ1v) is 7.76. The normalized spacial score (nSPS) is 25.6. The Bertz CT molecular complexity index is 684. The van der Waals surface area contributed by atoms with Crippen molar-refractivity contribution < 1.29 is 14.9 Å². The van der Waals surface area contributed by atoms with Crippen LogP contribution in [0, 0.1) is 5.41 Å². The summed E-state index contributed by atoms with van der Waals surface area (Å²) in [7, 11) is 0. The van der Waals surface area contributed by atoms with E-state index in [1.165, 1.54) is 17.3 Å². The second-order valence-electron chi connectivity index (χ2n) is 6.55. The number of fused-ring (bicyclic) bond motifs is 1. The molecule has 2 N–H and O–H groups in total. The van der Waals surface area contributed by atoms with E-state index in [2.05, 4.69) is 26.0 Å². The molecule has 2 aromatic rings. The molecule has 0 bridgehead atoms. The number of aromatic nitrogens is 3. The fraction of sp³-hybridized carbons (Fsp3) is 0.467. The molecule has 3 rings (SSSR count). The zero-order valence-corrected chi connectivity index (χ0v) is 14.1. The van der Waals surface area contributed by atoms with Crippen LogP contribution in [-0.4, -0.2) is 31.1 Å². The molecular formula is C15H18BrN3O3. The number of benzene rings is 1. The van der Waals surface area contributed by atoms with Crippen LogP contribution < -0.4 is 4.74 Å². The fourth-order valence-corrected chi connectivity index (χ4v) is 3.17. The van der Waals surface area contributed by atoms with Gasteiger partial charge >= 0.3 is 0 Å². The molecule has 0 spiro atoms. The molecule has 7 heteroatoms. The van der Waals surface area contributed by atoms with Crippen molar-refractivity contribution in [3.8, 4) is 5.75 Å². The lowest BCUT2D eigenvalue weighted by molar-refractivity contribution is -0.202. The smallest absolute Gasteiger partial charge is 0.259 e. The lowest BCUT2D eigenvalue weighted by Crippen LogP contribution is -2.56. The van der Waals surface area contributed by atoms with Gasteiger partial charge in [0.1, 0.15) is 30.6 Å². The van der Waals surface area contributed by atoms with Gasteiger partial charge in [-0.15, -0.1) is 0 Å². The van der Waals surface area contributed by atoms with Crippen LogP contribution in [-0.2, 0) is 5.72 Å². The monoisotopic (exact) mass is 367 g/mol. The van der Waals surface area contributed by atoms with Gasteiger partial charge in [0.15, 0.2) is 0 Å². The Kier molecular flexibility index (Phi) is 3.54. The molecule has 0 saturated heterocycles. The number of ether oxygens (including phenoxy) is 1. The summed E-state index contributed by atoms with van der Waals surface area (Å²) in [6.45, 7) is 5.64. The van der Waals surface area contributed by atoms with E-state index in [0.717, 1.165) is 4.47 Å². The van der Waals surface area contributed by atoms with Crippen molar-refractivity contribution in [2.24, 2.45) is 5.41 Å². The first kappa shape index (κ1) is 15.5. The number of aliphatic hydroxyl groups excluding tert-OH is 2. The van der Waals surface area contributed by atoms with E-state index in [9.17, 15) is 10.2 Å². The van der Waals surface area contributed by atoms with Crippen molar-refractivity contribution in [3.05, 3.63) is 40.9 Å².